The molecule has 1 fully saturated rings. The Morgan fingerprint density at radius 3 is 2.60 bits per heavy atom. The van der Waals surface area contributed by atoms with Crippen molar-refractivity contribution < 1.29 is 5.11 Å². The normalized spacial score (nSPS) is 20.7. The summed E-state index contributed by atoms with van der Waals surface area (Å²) in [5.41, 5.74) is 2.25. The van der Waals surface area contributed by atoms with E-state index in [-0.39, 0.29) is 6.61 Å². The summed E-state index contributed by atoms with van der Waals surface area (Å²) < 4.78 is 0. The van der Waals surface area contributed by atoms with Crippen LogP contribution in [0, 0.1) is 0 Å². The highest BCUT2D eigenvalue weighted by Gasteiger charge is 2.12. The molecule has 0 bridgehead atoms. The lowest BCUT2D eigenvalue weighted by molar-refractivity contribution is 0.282. The molecule has 0 saturated carbocycles. The first-order valence-electron chi connectivity index (χ1n) is 5.51. The summed E-state index contributed by atoms with van der Waals surface area (Å²) in [7, 11) is 0. The van der Waals surface area contributed by atoms with E-state index in [1.165, 1.54) is 12.0 Å². The fourth-order valence-electron chi connectivity index (χ4n) is 1.85. The fourth-order valence-corrected chi connectivity index (χ4v) is 1.85. The first kappa shape index (κ1) is 10.6. The van der Waals surface area contributed by atoms with Crippen LogP contribution >= 0.6 is 0 Å². The van der Waals surface area contributed by atoms with Crippen LogP contribution in [0.3, 0.4) is 0 Å². The third kappa shape index (κ3) is 3.02. The van der Waals surface area contributed by atoms with Crippen LogP contribution < -0.4 is 10.6 Å². The van der Waals surface area contributed by atoms with Crippen LogP contribution in [0.5, 0.6) is 0 Å². The maximum absolute atomic E-state index is 8.91. The van der Waals surface area contributed by atoms with E-state index in [1.54, 1.807) is 0 Å². The Morgan fingerprint density at radius 2 is 2.00 bits per heavy atom. The van der Waals surface area contributed by atoms with Crippen LogP contribution in [0.4, 0.5) is 0 Å². The Balaban J connectivity index is 1.82. The summed E-state index contributed by atoms with van der Waals surface area (Å²) >= 11 is 0. The molecule has 1 atom stereocenters. The summed E-state index contributed by atoms with van der Waals surface area (Å²) in [6.07, 6.45) is 1.22. The summed E-state index contributed by atoms with van der Waals surface area (Å²) in [5, 5.41) is 15.7. The minimum Gasteiger partial charge on any atom is -0.392 e. The summed E-state index contributed by atoms with van der Waals surface area (Å²) in [5.74, 6) is 0. The van der Waals surface area contributed by atoms with Crippen LogP contribution in [-0.4, -0.2) is 24.2 Å². The third-order valence-corrected chi connectivity index (χ3v) is 2.86. The lowest BCUT2D eigenvalue weighted by atomic mass is 10.1. The van der Waals surface area contributed by atoms with Gasteiger partial charge in [0.25, 0.3) is 0 Å². The molecule has 15 heavy (non-hydrogen) atoms. The number of aliphatic hydroxyl groups is 1. The van der Waals surface area contributed by atoms with Crippen molar-refractivity contribution >= 4 is 0 Å². The summed E-state index contributed by atoms with van der Waals surface area (Å²) in [4.78, 5) is 0. The fraction of sp³-hybridized carbons (Fsp3) is 0.500. The molecule has 0 amide bonds. The molecular weight excluding hydrogens is 188 g/mol. The van der Waals surface area contributed by atoms with Crippen molar-refractivity contribution in [1.82, 2.24) is 10.6 Å². The van der Waals surface area contributed by atoms with Gasteiger partial charge in [0.1, 0.15) is 0 Å². The molecule has 1 saturated heterocycles. The molecule has 1 heterocycles. The van der Waals surface area contributed by atoms with Gasteiger partial charge in [0.15, 0.2) is 0 Å². The van der Waals surface area contributed by atoms with Gasteiger partial charge in [-0.1, -0.05) is 24.3 Å². The maximum Gasteiger partial charge on any atom is 0.0681 e. The smallest absolute Gasteiger partial charge is 0.0681 e. The molecule has 0 aromatic heterocycles. The molecule has 0 radical (unpaired) electrons. The highest BCUT2D eigenvalue weighted by atomic mass is 16.3. The Labute approximate surface area is 90.5 Å². The quantitative estimate of drug-likeness (QED) is 0.677. The highest BCUT2D eigenvalue weighted by Crippen LogP contribution is 2.05. The van der Waals surface area contributed by atoms with Gasteiger partial charge in [0.05, 0.1) is 6.61 Å². The molecule has 82 valence electrons. The Hall–Kier alpha value is -0.900. The first-order valence-corrected chi connectivity index (χ1v) is 5.51. The minimum atomic E-state index is 0.125. The van der Waals surface area contributed by atoms with Gasteiger partial charge in [0.2, 0.25) is 0 Å². The number of nitrogens with one attached hydrogen (secondary N) is 2. The van der Waals surface area contributed by atoms with Crippen molar-refractivity contribution in [2.75, 3.05) is 13.1 Å². The molecule has 1 unspecified atom stereocenters. The first-order chi connectivity index (χ1) is 7.38. The third-order valence-electron chi connectivity index (χ3n) is 2.86. The van der Waals surface area contributed by atoms with Gasteiger partial charge < -0.3 is 15.7 Å². The number of hydrogen-bond acceptors (Lipinski definition) is 3. The largest absolute Gasteiger partial charge is 0.392 e. The Morgan fingerprint density at radius 1 is 1.27 bits per heavy atom. The van der Waals surface area contributed by atoms with E-state index < -0.39 is 0 Å². The van der Waals surface area contributed by atoms with E-state index in [4.69, 9.17) is 5.11 Å². The van der Waals surface area contributed by atoms with Crippen molar-refractivity contribution in [2.24, 2.45) is 0 Å². The van der Waals surface area contributed by atoms with E-state index in [2.05, 4.69) is 22.8 Å². The van der Waals surface area contributed by atoms with E-state index in [1.807, 2.05) is 12.1 Å². The molecule has 0 aliphatic carbocycles. The molecule has 2 rings (SSSR count). The monoisotopic (exact) mass is 206 g/mol. The van der Waals surface area contributed by atoms with Gasteiger partial charge >= 0.3 is 0 Å². The zero-order chi connectivity index (χ0) is 10.5. The molecule has 1 aromatic carbocycles. The SMILES string of the molecule is OCc1ccc(CNC2CCNC2)cc1. The van der Waals surface area contributed by atoms with Gasteiger partial charge in [-0.25, -0.2) is 0 Å². The standard InChI is InChI=1S/C12H18N2O/c15-9-11-3-1-10(2-4-11)7-14-12-5-6-13-8-12/h1-4,12-15H,5-9H2. The molecule has 1 aromatic rings. The zero-order valence-electron chi connectivity index (χ0n) is 8.87. The average molecular weight is 206 g/mol. The second-order valence-electron chi connectivity index (χ2n) is 4.05. The van der Waals surface area contributed by atoms with E-state index >= 15 is 0 Å². The minimum absolute atomic E-state index is 0.125. The predicted octanol–water partition coefficient (Wildman–Crippen LogP) is 0.630. The predicted molar refractivity (Wildman–Crippen MR) is 60.5 cm³/mol. The van der Waals surface area contributed by atoms with Crippen LogP contribution in [0.15, 0.2) is 24.3 Å². The number of rotatable bonds is 4. The number of benzene rings is 1. The van der Waals surface area contributed by atoms with Crippen LogP contribution in [-0.2, 0) is 13.2 Å². The van der Waals surface area contributed by atoms with E-state index in [0.717, 1.165) is 25.2 Å². The van der Waals surface area contributed by atoms with Crippen LogP contribution in [0.2, 0.25) is 0 Å². The molecule has 1 aliphatic heterocycles. The van der Waals surface area contributed by atoms with Crippen LogP contribution in [0.25, 0.3) is 0 Å². The summed E-state index contributed by atoms with van der Waals surface area (Å²) in [6.45, 7) is 3.24. The lowest BCUT2D eigenvalue weighted by Crippen LogP contribution is -2.30. The van der Waals surface area contributed by atoms with E-state index in [0.29, 0.717) is 6.04 Å². The van der Waals surface area contributed by atoms with Crippen molar-refractivity contribution in [3.63, 3.8) is 0 Å². The van der Waals surface area contributed by atoms with Gasteiger partial charge in [-0.3, -0.25) is 0 Å². The van der Waals surface area contributed by atoms with Gasteiger partial charge in [-0.15, -0.1) is 0 Å². The van der Waals surface area contributed by atoms with Crippen molar-refractivity contribution in [3.8, 4) is 0 Å². The molecule has 3 N–H and O–H groups in total. The molecule has 1 aliphatic rings. The topological polar surface area (TPSA) is 44.3 Å². The average Bonchev–Trinajstić information content (AvgIpc) is 2.80. The van der Waals surface area contributed by atoms with Crippen LogP contribution in [0.1, 0.15) is 17.5 Å². The maximum atomic E-state index is 8.91. The number of hydrogen-bond donors (Lipinski definition) is 3. The molecular formula is C12H18N2O. The highest BCUT2D eigenvalue weighted by molar-refractivity contribution is 5.21. The van der Waals surface area contributed by atoms with Gasteiger partial charge in [0, 0.05) is 19.1 Å². The van der Waals surface area contributed by atoms with E-state index in [9.17, 15) is 0 Å². The van der Waals surface area contributed by atoms with Crippen molar-refractivity contribution in [3.05, 3.63) is 35.4 Å². The van der Waals surface area contributed by atoms with Gasteiger partial charge in [-0.05, 0) is 24.1 Å². The number of aliphatic hydroxyl groups excluding tert-OH is 1. The lowest BCUT2D eigenvalue weighted by Gasteiger charge is -2.11. The second-order valence-corrected chi connectivity index (χ2v) is 4.05. The molecule has 3 nitrogen and oxygen atoms in total. The van der Waals surface area contributed by atoms with Crippen molar-refractivity contribution in [1.29, 1.82) is 0 Å². The zero-order valence-corrected chi connectivity index (χ0v) is 8.87. The molecule has 3 heteroatoms. The Bertz CT molecular complexity index is 291. The molecule has 0 spiro atoms. The van der Waals surface area contributed by atoms with Crippen molar-refractivity contribution in [2.45, 2.75) is 25.6 Å². The van der Waals surface area contributed by atoms with Gasteiger partial charge in [-0.2, -0.15) is 0 Å². The summed E-state index contributed by atoms with van der Waals surface area (Å²) in [6, 6.07) is 8.71. The Kier molecular flexibility index (Phi) is 3.72. The second kappa shape index (κ2) is 5.26.